The Morgan fingerprint density at radius 2 is 2.10 bits per heavy atom. The van der Waals surface area contributed by atoms with Crippen LogP contribution in [0.5, 0.6) is 0 Å². The van der Waals surface area contributed by atoms with E-state index in [4.69, 9.17) is 0 Å². The minimum absolute atomic E-state index is 0.0336. The molecule has 0 aliphatic carbocycles. The van der Waals surface area contributed by atoms with Crippen molar-refractivity contribution in [2.75, 3.05) is 16.8 Å². The molecule has 2 N–H and O–H groups in total. The summed E-state index contributed by atoms with van der Waals surface area (Å²) in [4.78, 5) is 11.9. The Kier molecular flexibility index (Phi) is 3.15. The van der Waals surface area contributed by atoms with Crippen molar-refractivity contribution in [1.82, 2.24) is 0 Å². The van der Waals surface area contributed by atoms with Crippen LogP contribution in [0.2, 0.25) is 0 Å². The van der Waals surface area contributed by atoms with Gasteiger partial charge in [0.1, 0.15) is 0 Å². The monoisotopic (exact) mass is 309 g/mol. The third-order valence-corrected chi connectivity index (χ3v) is 6.38. The van der Waals surface area contributed by atoms with E-state index in [2.05, 4.69) is 5.32 Å². The van der Waals surface area contributed by atoms with Crippen molar-refractivity contribution in [2.45, 2.75) is 31.8 Å². The van der Waals surface area contributed by atoms with Gasteiger partial charge in [0.05, 0.1) is 23.0 Å². The Morgan fingerprint density at radius 3 is 2.71 bits per heavy atom. The first-order chi connectivity index (χ1) is 9.71. The van der Waals surface area contributed by atoms with Crippen LogP contribution in [-0.4, -0.2) is 30.9 Å². The second-order valence-corrected chi connectivity index (χ2v) is 8.72. The van der Waals surface area contributed by atoms with Gasteiger partial charge in [-0.15, -0.1) is 0 Å². The number of carbonyl (C=O) groups excluding carboxylic acids is 1. The molecule has 2 atom stereocenters. The molecule has 1 fully saturated rings. The van der Waals surface area contributed by atoms with Gasteiger partial charge in [-0.1, -0.05) is 12.1 Å². The Bertz CT molecular complexity index is 708. The van der Waals surface area contributed by atoms with Crippen LogP contribution in [0.15, 0.2) is 18.2 Å². The molecule has 21 heavy (non-hydrogen) atoms. The Hall–Kier alpha value is -1.40. The molecule has 1 aromatic carbocycles. The van der Waals surface area contributed by atoms with Gasteiger partial charge in [0.25, 0.3) is 0 Å². The summed E-state index contributed by atoms with van der Waals surface area (Å²) in [6, 6.07) is 5.36. The number of anilines is 1. The molecule has 0 aromatic heterocycles. The second kappa shape index (κ2) is 4.55. The van der Waals surface area contributed by atoms with Crippen LogP contribution in [0.1, 0.15) is 37.5 Å². The topological polar surface area (TPSA) is 83.5 Å². The largest absolute Gasteiger partial charge is 0.388 e. The quantitative estimate of drug-likeness (QED) is 0.864. The van der Waals surface area contributed by atoms with Gasteiger partial charge in [-0.05, 0) is 37.5 Å². The van der Waals surface area contributed by atoms with Crippen LogP contribution in [0.3, 0.4) is 0 Å². The number of carbonyl (C=O) groups is 1. The lowest BCUT2D eigenvalue weighted by atomic mass is 9.84. The second-order valence-electron chi connectivity index (χ2n) is 6.49. The van der Waals surface area contributed by atoms with E-state index in [0.29, 0.717) is 12.0 Å². The minimum atomic E-state index is -3.02. The molecule has 0 bridgehead atoms. The van der Waals surface area contributed by atoms with Crippen molar-refractivity contribution in [3.8, 4) is 0 Å². The zero-order valence-electron chi connectivity index (χ0n) is 12.1. The highest BCUT2D eigenvalue weighted by atomic mass is 32.2. The zero-order valence-corrected chi connectivity index (χ0v) is 12.9. The summed E-state index contributed by atoms with van der Waals surface area (Å²) < 4.78 is 23.1. The number of rotatable bonds is 2. The number of nitrogens with one attached hydrogen (secondary N) is 1. The Labute approximate surface area is 124 Å². The molecular weight excluding hydrogens is 290 g/mol. The standard InChI is InChI=1S/C15H19NO4S/c1-15(2)11-7-9(3-4-12(11)16-14(15)18)13(17)10-5-6-21(19,20)8-10/h3-4,7,10,13,17H,5-6,8H2,1-2H3,(H,16,18). The molecule has 1 saturated heterocycles. The fourth-order valence-corrected chi connectivity index (χ4v) is 4.95. The van der Waals surface area contributed by atoms with E-state index in [1.165, 1.54) is 0 Å². The summed E-state index contributed by atoms with van der Waals surface area (Å²) in [6.07, 6.45) is -0.319. The highest BCUT2D eigenvalue weighted by molar-refractivity contribution is 7.91. The summed E-state index contributed by atoms with van der Waals surface area (Å²) in [5, 5.41) is 13.3. The van der Waals surface area contributed by atoms with Gasteiger partial charge in [0, 0.05) is 11.6 Å². The maximum absolute atomic E-state index is 11.9. The number of aliphatic hydroxyl groups excluding tert-OH is 1. The predicted octanol–water partition coefficient (Wildman–Crippen LogP) is 1.38. The third-order valence-electron chi connectivity index (χ3n) is 4.59. The van der Waals surface area contributed by atoms with Gasteiger partial charge in [0.2, 0.25) is 5.91 Å². The van der Waals surface area contributed by atoms with E-state index < -0.39 is 21.4 Å². The first-order valence-electron chi connectivity index (χ1n) is 7.05. The van der Waals surface area contributed by atoms with Crippen molar-refractivity contribution >= 4 is 21.4 Å². The maximum Gasteiger partial charge on any atom is 0.234 e. The van der Waals surface area contributed by atoms with Crippen LogP contribution in [-0.2, 0) is 20.0 Å². The van der Waals surface area contributed by atoms with Crippen molar-refractivity contribution < 1.29 is 18.3 Å². The van der Waals surface area contributed by atoms with E-state index >= 15 is 0 Å². The molecule has 2 aliphatic rings. The molecule has 1 amide bonds. The van der Waals surface area contributed by atoms with Gasteiger partial charge in [-0.3, -0.25) is 4.79 Å². The van der Waals surface area contributed by atoms with Crippen molar-refractivity contribution in [1.29, 1.82) is 0 Å². The number of amides is 1. The van der Waals surface area contributed by atoms with Crippen molar-refractivity contribution in [3.63, 3.8) is 0 Å². The van der Waals surface area contributed by atoms with Gasteiger partial charge >= 0.3 is 0 Å². The van der Waals surface area contributed by atoms with Crippen molar-refractivity contribution in [3.05, 3.63) is 29.3 Å². The fourth-order valence-electron chi connectivity index (χ4n) is 3.12. The zero-order chi connectivity index (χ0) is 15.4. The lowest BCUT2D eigenvalue weighted by Crippen LogP contribution is -2.27. The summed E-state index contributed by atoms with van der Waals surface area (Å²) in [7, 11) is -3.02. The lowest BCUT2D eigenvalue weighted by molar-refractivity contribution is -0.119. The molecule has 0 saturated carbocycles. The Morgan fingerprint density at radius 1 is 1.38 bits per heavy atom. The average molecular weight is 309 g/mol. The summed E-state index contributed by atoms with van der Waals surface area (Å²) in [5.74, 6) is -0.148. The van der Waals surface area contributed by atoms with Crippen LogP contribution < -0.4 is 5.32 Å². The molecule has 0 radical (unpaired) electrons. The first-order valence-corrected chi connectivity index (χ1v) is 8.87. The fraction of sp³-hybridized carbons (Fsp3) is 0.533. The number of benzene rings is 1. The van der Waals surface area contributed by atoms with E-state index in [-0.39, 0.29) is 23.3 Å². The van der Waals surface area contributed by atoms with Crippen LogP contribution in [0, 0.1) is 5.92 Å². The average Bonchev–Trinajstić information content (AvgIpc) is 2.87. The molecule has 0 spiro atoms. The van der Waals surface area contributed by atoms with Gasteiger partial charge in [-0.2, -0.15) is 0 Å². The number of hydrogen-bond acceptors (Lipinski definition) is 4. The lowest BCUT2D eigenvalue weighted by Gasteiger charge is -2.20. The molecule has 114 valence electrons. The van der Waals surface area contributed by atoms with Gasteiger partial charge in [0.15, 0.2) is 9.84 Å². The molecule has 5 nitrogen and oxygen atoms in total. The number of fused-ring (bicyclic) bond motifs is 1. The molecule has 2 aliphatic heterocycles. The van der Waals surface area contributed by atoms with E-state index in [0.717, 1.165) is 11.3 Å². The third kappa shape index (κ3) is 2.36. The van der Waals surface area contributed by atoms with Crippen LogP contribution in [0.25, 0.3) is 0 Å². The maximum atomic E-state index is 11.9. The van der Waals surface area contributed by atoms with Crippen LogP contribution >= 0.6 is 0 Å². The smallest absolute Gasteiger partial charge is 0.234 e. The first kappa shape index (κ1) is 14.5. The summed E-state index contributed by atoms with van der Waals surface area (Å²) in [5.41, 5.74) is 1.66. The van der Waals surface area contributed by atoms with Gasteiger partial charge in [-0.25, -0.2) is 8.42 Å². The SMILES string of the molecule is CC1(C)C(=O)Nc2ccc(C(O)C3CCS(=O)(=O)C3)cc21. The predicted molar refractivity (Wildman–Crippen MR) is 79.8 cm³/mol. The Balaban J connectivity index is 1.92. The molecular formula is C15H19NO4S. The number of sulfone groups is 1. The summed E-state index contributed by atoms with van der Waals surface area (Å²) >= 11 is 0. The molecule has 3 rings (SSSR count). The molecule has 2 heterocycles. The normalized spacial score (nSPS) is 27.2. The minimum Gasteiger partial charge on any atom is -0.388 e. The van der Waals surface area contributed by atoms with Gasteiger partial charge < -0.3 is 10.4 Å². The highest BCUT2D eigenvalue weighted by Gasteiger charge is 2.39. The number of aliphatic hydroxyl groups is 1. The van der Waals surface area contributed by atoms with E-state index in [1.807, 2.05) is 19.9 Å². The molecule has 1 aromatic rings. The van der Waals surface area contributed by atoms with Crippen LogP contribution in [0.4, 0.5) is 5.69 Å². The van der Waals surface area contributed by atoms with Crippen molar-refractivity contribution in [2.24, 2.45) is 5.92 Å². The van der Waals surface area contributed by atoms with E-state index in [9.17, 15) is 18.3 Å². The summed E-state index contributed by atoms with van der Waals surface area (Å²) in [6.45, 7) is 3.68. The molecule has 2 unspecified atom stereocenters. The molecule has 6 heteroatoms. The highest BCUT2D eigenvalue weighted by Crippen LogP contribution is 2.40. The number of hydrogen-bond donors (Lipinski definition) is 2. The van der Waals surface area contributed by atoms with E-state index in [1.54, 1.807) is 12.1 Å².